The Bertz CT molecular complexity index is 764. The van der Waals surface area contributed by atoms with Gasteiger partial charge in [0.15, 0.2) is 0 Å². The predicted molar refractivity (Wildman–Crippen MR) is 81.7 cm³/mol. The Hall–Kier alpha value is -2.56. The third-order valence-corrected chi connectivity index (χ3v) is 3.22. The molecule has 21 heavy (non-hydrogen) atoms. The molecular weight excluding hydrogens is 288 g/mol. The van der Waals surface area contributed by atoms with Crippen LogP contribution in [0.4, 0.5) is 11.4 Å². The second-order valence-electron chi connectivity index (χ2n) is 4.39. The molecule has 2 rings (SSSR count). The highest BCUT2D eigenvalue weighted by atomic mass is 32.2. The molecule has 0 unspecified atom stereocenters. The van der Waals surface area contributed by atoms with Crippen LogP contribution in [0.15, 0.2) is 48.5 Å². The molecule has 2 aromatic carbocycles. The fraction of sp³-hybridized carbons (Fsp3) is 0.0714. The lowest BCUT2D eigenvalue weighted by atomic mass is 10.1. The van der Waals surface area contributed by atoms with Crippen molar-refractivity contribution in [3.63, 3.8) is 0 Å². The number of nitrogens with zero attached hydrogens (tertiary/aromatic N) is 1. The summed E-state index contributed by atoms with van der Waals surface area (Å²) in [5.74, 6) is 0. The third-order valence-electron chi connectivity index (χ3n) is 2.70. The quantitative estimate of drug-likeness (QED) is 0.782. The van der Waals surface area contributed by atoms with Gasteiger partial charge in [-0.3, -0.25) is 4.72 Å². The number of hydrogen-bond donors (Lipinski definition) is 3. The number of benzene rings is 2. The molecule has 0 amide bonds. The zero-order valence-electron chi connectivity index (χ0n) is 11.1. The maximum absolute atomic E-state index is 11.0. The van der Waals surface area contributed by atoms with Crippen molar-refractivity contribution in [3.8, 4) is 6.07 Å². The predicted octanol–water partition coefficient (Wildman–Crippen LogP) is 1.79. The van der Waals surface area contributed by atoms with Gasteiger partial charge in [-0.1, -0.05) is 18.2 Å². The maximum Gasteiger partial charge on any atom is 0.296 e. The van der Waals surface area contributed by atoms with Gasteiger partial charge in [0.1, 0.15) is 0 Å². The summed E-state index contributed by atoms with van der Waals surface area (Å²) in [6.07, 6.45) is 0. The van der Waals surface area contributed by atoms with E-state index in [-0.39, 0.29) is 0 Å². The second kappa shape index (κ2) is 6.26. The van der Waals surface area contributed by atoms with E-state index in [1.54, 1.807) is 30.3 Å². The molecule has 0 aromatic heterocycles. The third kappa shape index (κ3) is 4.80. The van der Waals surface area contributed by atoms with Crippen molar-refractivity contribution in [2.24, 2.45) is 5.14 Å². The largest absolute Gasteiger partial charge is 0.381 e. The van der Waals surface area contributed by atoms with E-state index < -0.39 is 10.2 Å². The van der Waals surface area contributed by atoms with E-state index in [4.69, 9.17) is 10.4 Å². The van der Waals surface area contributed by atoms with Crippen LogP contribution in [-0.4, -0.2) is 8.42 Å². The van der Waals surface area contributed by atoms with E-state index in [2.05, 4.69) is 16.1 Å². The average molecular weight is 302 g/mol. The van der Waals surface area contributed by atoms with Crippen molar-refractivity contribution < 1.29 is 8.42 Å². The molecule has 0 saturated carbocycles. The molecular formula is C14H14N4O2S. The number of hydrogen-bond acceptors (Lipinski definition) is 4. The minimum absolute atomic E-state index is 0.391. The van der Waals surface area contributed by atoms with Gasteiger partial charge in [-0.2, -0.15) is 13.7 Å². The Balaban J connectivity index is 2.03. The highest BCUT2D eigenvalue weighted by Gasteiger charge is 2.02. The Morgan fingerprint density at radius 1 is 1.10 bits per heavy atom. The lowest BCUT2D eigenvalue weighted by Crippen LogP contribution is -2.21. The number of nitriles is 1. The van der Waals surface area contributed by atoms with Gasteiger partial charge >= 0.3 is 0 Å². The fourth-order valence-corrected chi connectivity index (χ4v) is 2.21. The first kappa shape index (κ1) is 14.8. The van der Waals surface area contributed by atoms with Crippen LogP contribution in [-0.2, 0) is 16.8 Å². The van der Waals surface area contributed by atoms with Crippen LogP contribution < -0.4 is 15.2 Å². The normalized spacial score (nSPS) is 10.7. The molecule has 0 aliphatic carbocycles. The first-order chi connectivity index (χ1) is 9.96. The van der Waals surface area contributed by atoms with Gasteiger partial charge in [-0.25, -0.2) is 5.14 Å². The van der Waals surface area contributed by atoms with Gasteiger partial charge in [0.25, 0.3) is 10.2 Å². The van der Waals surface area contributed by atoms with Gasteiger partial charge in [-0.15, -0.1) is 0 Å². The number of nitrogens with two attached hydrogens (primary N) is 1. The Morgan fingerprint density at radius 2 is 1.76 bits per heavy atom. The summed E-state index contributed by atoms with van der Waals surface area (Å²) in [6, 6.07) is 16.1. The van der Waals surface area contributed by atoms with E-state index in [1.165, 1.54) is 0 Å². The lowest BCUT2D eigenvalue weighted by molar-refractivity contribution is 0.603. The monoisotopic (exact) mass is 302 g/mol. The summed E-state index contributed by atoms with van der Waals surface area (Å²) >= 11 is 0. The number of nitrogens with one attached hydrogen (secondary N) is 2. The van der Waals surface area contributed by atoms with Crippen LogP contribution in [0.3, 0.4) is 0 Å². The molecule has 6 nitrogen and oxygen atoms in total. The minimum atomic E-state index is -3.78. The molecule has 7 heteroatoms. The number of anilines is 2. The molecule has 0 atom stereocenters. The van der Waals surface area contributed by atoms with Crippen molar-refractivity contribution in [2.45, 2.75) is 6.54 Å². The molecule has 4 N–H and O–H groups in total. The maximum atomic E-state index is 11.0. The van der Waals surface area contributed by atoms with Crippen molar-refractivity contribution in [2.75, 3.05) is 10.0 Å². The minimum Gasteiger partial charge on any atom is -0.381 e. The molecule has 0 saturated heterocycles. The van der Waals surface area contributed by atoms with Crippen LogP contribution >= 0.6 is 0 Å². The zero-order valence-corrected chi connectivity index (χ0v) is 11.9. The van der Waals surface area contributed by atoms with E-state index in [1.807, 2.05) is 18.2 Å². The first-order valence-electron chi connectivity index (χ1n) is 6.10. The smallest absolute Gasteiger partial charge is 0.296 e. The van der Waals surface area contributed by atoms with E-state index >= 15 is 0 Å². The van der Waals surface area contributed by atoms with Gasteiger partial charge in [0, 0.05) is 12.2 Å². The van der Waals surface area contributed by atoms with Crippen LogP contribution in [0, 0.1) is 11.3 Å². The molecule has 0 fully saturated rings. The van der Waals surface area contributed by atoms with E-state index in [0.717, 1.165) is 11.3 Å². The molecule has 0 spiro atoms. The standard InChI is InChI=1S/C14H14N4O2S/c15-9-11-4-6-12(7-5-11)10-17-13-2-1-3-14(8-13)18-21(16,19)20/h1-8,17-18H,10H2,(H2,16,19,20). The Morgan fingerprint density at radius 3 is 2.38 bits per heavy atom. The molecule has 2 aromatic rings. The lowest BCUT2D eigenvalue weighted by Gasteiger charge is -2.09. The highest BCUT2D eigenvalue weighted by molar-refractivity contribution is 7.90. The summed E-state index contributed by atoms with van der Waals surface area (Å²) in [4.78, 5) is 0. The summed E-state index contributed by atoms with van der Waals surface area (Å²) in [5.41, 5.74) is 2.77. The molecule has 0 heterocycles. The topological polar surface area (TPSA) is 108 Å². The summed E-state index contributed by atoms with van der Waals surface area (Å²) in [5, 5.41) is 16.8. The zero-order chi connectivity index (χ0) is 15.3. The van der Waals surface area contributed by atoms with Crippen LogP contribution in [0.1, 0.15) is 11.1 Å². The van der Waals surface area contributed by atoms with Crippen LogP contribution in [0.5, 0.6) is 0 Å². The number of rotatable bonds is 5. The van der Waals surface area contributed by atoms with Crippen LogP contribution in [0.2, 0.25) is 0 Å². The van der Waals surface area contributed by atoms with Crippen molar-refractivity contribution in [1.29, 1.82) is 5.26 Å². The summed E-state index contributed by atoms with van der Waals surface area (Å²) < 4.78 is 24.2. The molecule has 0 bridgehead atoms. The van der Waals surface area contributed by atoms with Gasteiger partial charge < -0.3 is 5.32 Å². The highest BCUT2D eigenvalue weighted by Crippen LogP contribution is 2.16. The van der Waals surface area contributed by atoms with Crippen molar-refractivity contribution in [3.05, 3.63) is 59.7 Å². The van der Waals surface area contributed by atoms with E-state index in [0.29, 0.717) is 17.8 Å². The van der Waals surface area contributed by atoms with Crippen molar-refractivity contribution >= 4 is 21.6 Å². The van der Waals surface area contributed by atoms with Gasteiger partial charge in [0.2, 0.25) is 0 Å². The fourth-order valence-electron chi connectivity index (χ4n) is 1.76. The summed E-state index contributed by atoms with van der Waals surface area (Å²) in [7, 11) is -3.78. The molecule has 108 valence electrons. The molecule has 0 radical (unpaired) electrons. The van der Waals surface area contributed by atoms with Crippen LogP contribution in [0.25, 0.3) is 0 Å². The SMILES string of the molecule is N#Cc1ccc(CNc2cccc(NS(N)(=O)=O)c2)cc1. The Labute approximate surface area is 123 Å². The van der Waals surface area contributed by atoms with Crippen molar-refractivity contribution in [1.82, 2.24) is 0 Å². The van der Waals surface area contributed by atoms with E-state index in [9.17, 15) is 8.42 Å². The molecule has 0 aliphatic heterocycles. The van der Waals surface area contributed by atoms with Gasteiger partial charge in [0.05, 0.1) is 17.3 Å². The second-order valence-corrected chi connectivity index (χ2v) is 5.68. The summed E-state index contributed by atoms with van der Waals surface area (Å²) in [6.45, 7) is 0.560. The van der Waals surface area contributed by atoms with Gasteiger partial charge in [-0.05, 0) is 35.9 Å². The average Bonchev–Trinajstić information content (AvgIpc) is 2.44. The molecule has 0 aliphatic rings. The first-order valence-corrected chi connectivity index (χ1v) is 7.64. The Kier molecular flexibility index (Phi) is 4.42.